The fourth-order valence-electron chi connectivity index (χ4n) is 4.69. The van der Waals surface area contributed by atoms with Gasteiger partial charge in [0.05, 0.1) is 0 Å². The maximum absolute atomic E-state index is 10.3. The van der Waals surface area contributed by atoms with Crippen LogP contribution in [0.4, 0.5) is 0 Å². The molecule has 0 aromatic carbocycles. The van der Waals surface area contributed by atoms with E-state index >= 15 is 0 Å². The van der Waals surface area contributed by atoms with Gasteiger partial charge in [0.2, 0.25) is 0 Å². The molecule has 42 heavy (non-hydrogen) atoms. The molecule has 0 saturated carbocycles. The summed E-state index contributed by atoms with van der Waals surface area (Å²) in [5.41, 5.74) is 0. The summed E-state index contributed by atoms with van der Waals surface area (Å²) in [6, 6.07) is 0. The van der Waals surface area contributed by atoms with Crippen molar-refractivity contribution in [2.45, 2.75) is 194 Å². The van der Waals surface area contributed by atoms with Gasteiger partial charge >= 0.3 is 11.9 Å². The highest BCUT2D eigenvalue weighted by Crippen LogP contribution is 2.11. The van der Waals surface area contributed by atoms with E-state index in [0.29, 0.717) is 12.8 Å². The fourth-order valence-corrected chi connectivity index (χ4v) is 4.69. The Morgan fingerprint density at radius 3 is 0.833 bits per heavy atom. The van der Waals surface area contributed by atoms with Crippen LogP contribution in [0.3, 0.4) is 0 Å². The normalized spacial score (nSPS) is 10.7. The molecule has 6 heteroatoms. The van der Waals surface area contributed by atoms with Crippen LogP contribution in [0.15, 0.2) is 24.3 Å². The van der Waals surface area contributed by atoms with Gasteiger partial charge in [-0.2, -0.15) is 0 Å². The topological polar surface area (TPSA) is 145 Å². The summed E-state index contributed by atoms with van der Waals surface area (Å²) in [6.45, 7) is 4.52. The minimum atomic E-state index is -0.664. The van der Waals surface area contributed by atoms with E-state index < -0.39 is 11.9 Å². The van der Waals surface area contributed by atoms with Gasteiger partial charge in [0, 0.05) is 12.8 Å². The smallest absolute Gasteiger partial charge is 0.303 e. The SMILES string of the molecule is CCCCCCCCC=CCCCCCCCC(=O)O.CCCCCCCCC=CCCCCCCCC(=O)O.N.N. The van der Waals surface area contributed by atoms with E-state index in [9.17, 15) is 9.59 Å². The number of carbonyl (C=O) groups is 2. The molecule has 0 aromatic heterocycles. The molecule has 0 aliphatic rings. The van der Waals surface area contributed by atoms with Crippen LogP contribution in [0, 0.1) is 0 Å². The van der Waals surface area contributed by atoms with Gasteiger partial charge in [-0.1, -0.05) is 141 Å². The predicted molar refractivity (Wildman–Crippen MR) is 184 cm³/mol. The van der Waals surface area contributed by atoms with E-state index in [1.165, 1.54) is 141 Å². The molecule has 0 amide bonds. The van der Waals surface area contributed by atoms with Crippen molar-refractivity contribution in [1.82, 2.24) is 12.3 Å². The van der Waals surface area contributed by atoms with Gasteiger partial charge in [-0.15, -0.1) is 0 Å². The van der Waals surface area contributed by atoms with Crippen molar-refractivity contribution in [3.8, 4) is 0 Å². The van der Waals surface area contributed by atoms with Crippen LogP contribution in [0.1, 0.15) is 194 Å². The molecule has 0 spiro atoms. The molecule has 0 fully saturated rings. The summed E-state index contributed by atoms with van der Waals surface area (Å²) in [5, 5.41) is 17.0. The lowest BCUT2D eigenvalue weighted by Gasteiger charge is -1.99. The van der Waals surface area contributed by atoms with Crippen molar-refractivity contribution < 1.29 is 19.8 Å². The lowest BCUT2D eigenvalue weighted by atomic mass is 10.1. The van der Waals surface area contributed by atoms with Crippen LogP contribution in [0.5, 0.6) is 0 Å². The first-order chi connectivity index (χ1) is 19.5. The van der Waals surface area contributed by atoms with E-state index in [-0.39, 0.29) is 12.3 Å². The van der Waals surface area contributed by atoms with Crippen molar-refractivity contribution >= 4 is 11.9 Å². The van der Waals surface area contributed by atoms with Gasteiger partial charge in [0.25, 0.3) is 0 Å². The van der Waals surface area contributed by atoms with Gasteiger partial charge in [-0.05, 0) is 64.2 Å². The summed E-state index contributed by atoms with van der Waals surface area (Å²) in [6.07, 6.45) is 42.5. The van der Waals surface area contributed by atoms with Gasteiger partial charge in [-0.3, -0.25) is 9.59 Å². The van der Waals surface area contributed by atoms with Crippen molar-refractivity contribution in [3.05, 3.63) is 24.3 Å². The van der Waals surface area contributed by atoms with E-state index in [0.717, 1.165) is 25.7 Å². The van der Waals surface area contributed by atoms with Crippen LogP contribution < -0.4 is 12.3 Å². The van der Waals surface area contributed by atoms with Crippen LogP contribution in [-0.2, 0) is 9.59 Å². The number of rotatable bonds is 30. The van der Waals surface area contributed by atoms with Crippen molar-refractivity contribution in [3.63, 3.8) is 0 Å². The van der Waals surface area contributed by atoms with Crippen molar-refractivity contribution in [1.29, 1.82) is 0 Å². The molecule has 0 radical (unpaired) electrons. The van der Waals surface area contributed by atoms with Crippen LogP contribution in [0.25, 0.3) is 0 Å². The zero-order valence-corrected chi connectivity index (χ0v) is 28.2. The molecule has 0 heterocycles. The number of allylic oxidation sites excluding steroid dienone is 4. The average molecular weight is 599 g/mol. The summed E-state index contributed by atoms with van der Waals surface area (Å²) in [5.74, 6) is -1.33. The second kappa shape index (κ2) is 43.8. The Balaban J connectivity index is -0.000000328. The molecule has 0 saturated heterocycles. The molecule has 0 unspecified atom stereocenters. The third-order valence-electron chi connectivity index (χ3n) is 7.30. The largest absolute Gasteiger partial charge is 0.481 e. The quantitative estimate of drug-likeness (QED) is 0.0478. The molecule has 0 aromatic rings. The highest BCUT2D eigenvalue weighted by atomic mass is 16.4. The zero-order valence-electron chi connectivity index (χ0n) is 28.2. The Kier molecular flexibility index (Phi) is 49.3. The lowest BCUT2D eigenvalue weighted by molar-refractivity contribution is -0.138. The van der Waals surface area contributed by atoms with Crippen LogP contribution >= 0.6 is 0 Å². The van der Waals surface area contributed by atoms with E-state index in [1.54, 1.807) is 0 Å². The standard InChI is InChI=1S/2C18H34O2.2H3N/c2*1-2-3-4-5-6-7-8-9-10-11-12-13-14-15-16-17-18(19)20;;/h2*9-10H,2-8,11-17H2,1H3,(H,19,20);2*1H3. The Labute approximate surface area is 261 Å². The van der Waals surface area contributed by atoms with Crippen LogP contribution in [-0.4, -0.2) is 22.2 Å². The Hall–Kier alpha value is -1.66. The first kappa shape index (κ1) is 47.3. The minimum absolute atomic E-state index is 0. The maximum Gasteiger partial charge on any atom is 0.303 e. The zero-order chi connectivity index (χ0) is 29.8. The lowest BCUT2D eigenvalue weighted by Crippen LogP contribution is -1.93. The molecule has 0 aliphatic heterocycles. The average Bonchev–Trinajstić information content (AvgIpc) is 2.93. The Morgan fingerprint density at radius 2 is 0.595 bits per heavy atom. The predicted octanol–water partition coefficient (Wildman–Crippen LogP) is 12.5. The highest BCUT2D eigenvalue weighted by Gasteiger charge is 1.97. The number of aliphatic carboxylic acids is 2. The number of carboxylic acid groups (broad SMARTS) is 2. The highest BCUT2D eigenvalue weighted by molar-refractivity contribution is 5.66. The van der Waals surface area contributed by atoms with E-state index in [4.69, 9.17) is 10.2 Å². The molecule has 0 aliphatic carbocycles. The number of hydrogen-bond donors (Lipinski definition) is 4. The number of carboxylic acids is 2. The van der Waals surface area contributed by atoms with Gasteiger partial charge < -0.3 is 22.5 Å². The molecule has 0 bridgehead atoms. The molecule has 6 nitrogen and oxygen atoms in total. The molecule has 0 atom stereocenters. The molecule has 252 valence electrons. The van der Waals surface area contributed by atoms with Gasteiger partial charge in [-0.25, -0.2) is 0 Å². The second-order valence-electron chi connectivity index (χ2n) is 11.5. The second-order valence-corrected chi connectivity index (χ2v) is 11.5. The first-order valence-corrected chi connectivity index (χ1v) is 17.3. The summed E-state index contributed by atoms with van der Waals surface area (Å²) in [4.78, 5) is 20.6. The van der Waals surface area contributed by atoms with Gasteiger partial charge in [0.15, 0.2) is 0 Å². The molecule has 0 rings (SSSR count). The molecule has 8 N–H and O–H groups in total. The number of unbranched alkanes of at least 4 members (excludes halogenated alkanes) is 22. The van der Waals surface area contributed by atoms with Crippen molar-refractivity contribution in [2.24, 2.45) is 0 Å². The van der Waals surface area contributed by atoms with Gasteiger partial charge in [0.1, 0.15) is 0 Å². The van der Waals surface area contributed by atoms with Crippen LogP contribution in [0.2, 0.25) is 0 Å². The fraction of sp³-hybridized carbons (Fsp3) is 0.833. The Morgan fingerprint density at radius 1 is 0.381 bits per heavy atom. The van der Waals surface area contributed by atoms with E-state index in [1.807, 2.05) is 0 Å². The maximum atomic E-state index is 10.3. The number of hydrogen-bond acceptors (Lipinski definition) is 4. The first-order valence-electron chi connectivity index (χ1n) is 17.3. The minimum Gasteiger partial charge on any atom is -0.481 e. The summed E-state index contributed by atoms with van der Waals surface area (Å²) in [7, 11) is 0. The third kappa shape index (κ3) is 51.1. The van der Waals surface area contributed by atoms with Crippen molar-refractivity contribution in [2.75, 3.05) is 0 Å². The van der Waals surface area contributed by atoms with E-state index in [2.05, 4.69) is 38.2 Å². The Bertz CT molecular complexity index is 529. The monoisotopic (exact) mass is 599 g/mol. The summed E-state index contributed by atoms with van der Waals surface area (Å²) >= 11 is 0. The summed E-state index contributed by atoms with van der Waals surface area (Å²) < 4.78 is 0. The molecular weight excluding hydrogens is 524 g/mol. The third-order valence-corrected chi connectivity index (χ3v) is 7.30. The molecular formula is C36H74N2O4.